The van der Waals surface area contributed by atoms with Crippen molar-refractivity contribution in [2.24, 2.45) is 5.92 Å². The Kier molecular flexibility index (Phi) is 4.88. The lowest BCUT2D eigenvalue weighted by Gasteiger charge is -2.29. The number of hydrogen-bond donors (Lipinski definition) is 2. The fraction of sp³-hybridized carbons (Fsp3) is 0.474. The summed E-state index contributed by atoms with van der Waals surface area (Å²) < 4.78 is 1.89. The number of nitrogens with one attached hydrogen (secondary N) is 2. The highest BCUT2D eigenvalue weighted by atomic mass is 16.2. The number of carbonyl (C=O) groups is 1. The zero-order valence-corrected chi connectivity index (χ0v) is 14.7. The zero-order chi connectivity index (χ0) is 17.1. The second-order valence-electron chi connectivity index (χ2n) is 6.86. The van der Waals surface area contributed by atoms with Crippen molar-refractivity contribution in [1.82, 2.24) is 15.1 Å². The fourth-order valence-corrected chi connectivity index (χ4v) is 3.47. The third-order valence-corrected chi connectivity index (χ3v) is 4.79. The van der Waals surface area contributed by atoms with Gasteiger partial charge >= 0.3 is 6.03 Å². The number of urea groups is 1. The number of carbonyl (C=O) groups excluding carboxylic acids is 1. The van der Waals surface area contributed by atoms with Crippen LogP contribution in [-0.2, 0) is 0 Å². The molecule has 0 aliphatic heterocycles. The molecule has 0 saturated heterocycles. The highest BCUT2D eigenvalue weighted by molar-refractivity contribution is 5.89. The summed E-state index contributed by atoms with van der Waals surface area (Å²) in [5.41, 5.74) is 3.78. The molecule has 24 heavy (non-hydrogen) atoms. The smallest absolute Gasteiger partial charge is 0.319 e. The molecule has 1 aliphatic carbocycles. The molecule has 3 rings (SSSR count). The topological polar surface area (TPSA) is 59.0 Å². The summed E-state index contributed by atoms with van der Waals surface area (Å²) in [5, 5.41) is 10.6. The lowest BCUT2D eigenvalue weighted by Crippen LogP contribution is -2.43. The summed E-state index contributed by atoms with van der Waals surface area (Å²) in [6.45, 7) is 6.22. The number of rotatable bonds is 3. The minimum atomic E-state index is -0.126. The van der Waals surface area contributed by atoms with Gasteiger partial charge in [-0.15, -0.1) is 0 Å². The second-order valence-corrected chi connectivity index (χ2v) is 6.86. The van der Waals surface area contributed by atoms with Gasteiger partial charge in [-0.3, -0.25) is 0 Å². The van der Waals surface area contributed by atoms with Gasteiger partial charge < -0.3 is 10.6 Å². The molecule has 2 amide bonds. The molecular weight excluding hydrogens is 300 g/mol. The number of hydrogen-bond acceptors (Lipinski definition) is 2. The zero-order valence-electron chi connectivity index (χ0n) is 14.7. The van der Waals surface area contributed by atoms with E-state index in [4.69, 9.17) is 0 Å². The van der Waals surface area contributed by atoms with E-state index in [0.29, 0.717) is 5.92 Å². The summed E-state index contributed by atoms with van der Waals surface area (Å²) in [6, 6.07) is 9.97. The predicted octanol–water partition coefficient (Wildman–Crippen LogP) is 4.19. The maximum Gasteiger partial charge on any atom is 0.319 e. The first-order chi connectivity index (χ1) is 11.5. The highest BCUT2D eigenvalue weighted by Gasteiger charge is 2.22. The molecule has 2 atom stereocenters. The molecule has 1 heterocycles. The molecule has 2 N–H and O–H groups in total. The summed E-state index contributed by atoms with van der Waals surface area (Å²) in [4.78, 5) is 12.3. The van der Waals surface area contributed by atoms with E-state index in [1.807, 2.05) is 48.9 Å². The van der Waals surface area contributed by atoms with Gasteiger partial charge in [-0.25, -0.2) is 9.48 Å². The van der Waals surface area contributed by atoms with Crippen LogP contribution in [0, 0.1) is 19.8 Å². The van der Waals surface area contributed by atoms with Gasteiger partial charge in [0, 0.05) is 17.4 Å². The van der Waals surface area contributed by atoms with Crippen molar-refractivity contribution in [2.45, 2.75) is 52.5 Å². The normalized spacial score (nSPS) is 20.6. The largest absolute Gasteiger partial charge is 0.335 e. The van der Waals surface area contributed by atoms with E-state index in [9.17, 15) is 4.79 Å². The maximum absolute atomic E-state index is 12.3. The van der Waals surface area contributed by atoms with E-state index in [0.717, 1.165) is 29.2 Å². The monoisotopic (exact) mass is 326 g/mol. The number of nitrogens with zero attached hydrogens (tertiary/aromatic N) is 2. The quantitative estimate of drug-likeness (QED) is 0.888. The minimum absolute atomic E-state index is 0.126. The molecule has 1 aliphatic rings. The van der Waals surface area contributed by atoms with Crippen LogP contribution in [0.1, 0.15) is 44.0 Å². The summed E-state index contributed by atoms with van der Waals surface area (Å²) in [6.07, 6.45) is 4.73. The van der Waals surface area contributed by atoms with Crippen LogP contribution >= 0.6 is 0 Å². The SMILES string of the molecule is Cc1cc(C)n(-c2cccc(NC(=O)NC3CCCCC3C)c2)n1. The Hall–Kier alpha value is -2.30. The van der Waals surface area contributed by atoms with Crippen LogP contribution in [0.25, 0.3) is 5.69 Å². The standard InChI is InChI=1S/C19H26N4O/c1-13-7-4-5-10-18(13)21-19(24)20-16-8-6-9-17(12-16)23-15(3)11-14(2)22-23/h6,8-9,11-13,18H,4-5,7,10H2,1-3H3,(H2,20,21,24). The second kappa shape index (κ2) is 7.07. The first-order valence-electron chi connectivity index (χ1n) is 8.74. The van der Waals surface area contributed by atoms with Crippen molar-refractivity contribution in [3.8, 4) is 5.69 Å². The molecule has 1 aromatic heterocycles. The van der Waals surface area contributed by atoms with Crippen LogP contribution in [0.4, 0.5) is 10.5 Å². The molecule has 0 spiro atoms. The molecule has 5 nitrogen and oxygen atoms in total. The fourth-order valence-electron chi connectivity index (χ4n) is 3.47. The lowest BCUT2D eigenvalue weighted by atomic mass is 9.86. The van der Waals surface area contributed by atoms with E-state index in [-0.39, 0.29) is 12.1 Å². The van der Waals surface area contributed by atoms with Crippen molar-refractivity contribution in [3.63, 3.8) is 0 Å². The van der Waals surface area contributed by atoms with Gasteiger partial charge in [-0.1, -0.05) is 25.8 Å². The van der Waals surface area contributed by atoms with Crippen LogP contribution in [0.5, 0.6) is 0 Å². The van der Waals surface area contributed by atoms with Crippen molar-refractivity contribution >= 4 is 11.7 Å². The van der Waals surface area contributed by atoms with Gasteiger partial charge in [0.1, 0.15) is 0 Å². The average molecular weight is 326 g/mol. The molecule has 1 aromatic carbocycles. The van der Waals surface area contributed by atoms with E-state index in [1.165, 1.54) is 19.3 Å². The summed E-state index contributed by atoms with van der Waals surface area (Å²) in [7, 11) is 0. The Morgan fingerprint density at radius 1 is 1.21 bits per heavy atom. The Morgan fingerprint density at radius 3 is 2.71 bits per heavy atom. The average Bonchev–Trinajstić information content (AvgIpc) is 2.88. The number of aromatic nitrogens is 2. The lowest BCUT2D eigenvalue weighted by molar-refractivity contribution is 0.232. The van der Waals surface area contributed by atoms with Crippen LogP contribution in [0.3, 0.4) is 0 Å². The molecule has 2 unspecified atom stereocenters. The van der Waals surface area contributed by atoms with Crippen LogP contribution in [-0.4, -0.2) is 21.9 Å². The van der Waals surface area contributed by atoms with Gasteiger partial charge in [0.25, 0.3) is 0 Å². The molecule has 5 heteroatoms. The Balaban J connectivity index is 1.68. The van der Waals surface area contributed by atoms with Gasteiger partial charge in [-0.05, 0) is 56.9 Å². The van der Waals surface area contributed by atoms with Crippen LogP contribution < -0.4 is 10.6 Å². The van der Waals surface area contributed by atoms with E-state index in [2.05, 4.69) is 22.7 Å². The van der Waals surface area contributed by atoms with Gasteiger partial charge in [-0.2, -0.15) is 5.10 Å². The number of aryl methyl sites for hydroxylation is 2. The first-order valence-corrected chi connectivity index (χ1v) is 8.74. The van der Waals surface area contributed by atoms with Crippen molar-refractivity contribution in [3.05, 3.63) is 41.7 Å². The Morgan fingerprint density at radius 2 is 2.00 bits per heavy atom. The third kappa shape index (κ3) is 3.78. The van der Waals surface area contributed by atoms with Gasteiger partial charge in [0.15, 0.2) is 0 Å². The Bertz CT molecular complexity index is 722. The summed E-state index contributed by atoms with van der Waals surface area (Å²) >= 11 is 0. The Labute approximate surface area is 143 Å². The molecule has 0 radical (unpaired) electrons. The summed E-state index contributed by atoms with van der Waals surface area (Å²) in [5.74, 6) is 0.547. The predicted molar refractivity (Wildman–Crippen MR) is 96.6 cm³/mol. The third-order valence-electron chi connectivity index (χ3n) is 4.79. The number of anilines is 1. The van der Waals surface area contributed by atoms with Crippen molar-refractivity contribution < 1.29 is 4.79 Å². The van der Waals surface area contributed by atoms with E-state index in [1.54, 1.807) is 0 Å². The van der Waals surface area contributed by atoms with Gasteiger partial charge in [0.05, 0.1) is 11.4 Å². The maximum atomic E-state index is 12.3. The number of amides is 2. The van der Waals surface area contributed by atoms with E-state index >= 15 is 0 Å². The molecular formula is C19H26N4O. The number of benzene rings is 1. The van der Waals surface area contributed by atoms with E-state index < -0.39 is 0 Å². The molecule has 1 saturated carbocycles. The first kappa shape index (κ1) is 16.6. The van der Waals surface area contributed by atoms with Gasteiger partial charge in [0.2, 0.25) is 0 Å². The van der Waals surface area contributed by atoms with Crippen LogP contribution in [0.2, 0.25) is 0 Å². The van der Waals surface area contributed by atoms with Crippen molar-refractivity contribution in [1.29, 1.82) is 0 Å². The molecule has 2 aromatic rings. The van der Waals surface area contributed by atoms with Crippen molar-refractivity contribution in [2.75, 3.05) is 5.32 Å². The van der Waals surface area contributed by atoms with Crippen LogP contribution in [0.15, 0.2) is 30.3 Å². The molecule has 1 fully saturated rings. The minimum Gasteiger partial charge on any atom is -0.335 e. The molecule has 128 valence electrons. The highest BCUT2D eigenvalue weighted by Crippen LogP contribution is 2.24. The molecule has 0 bridgehead atoms.